The number of nitrogens with zero attached hydrogens (tertiary/aromatic N) is 4. The quantitative estimate of drug-likeness (QED) is 0.833. The van der Waals surface area contributed by atoms with Crippen LogP contribution in [0.4, 0.5) is 0 Å². The van der Waals surface area contributed by atoms with E-state index in [1.807, 2.05) is 36.2 Å². The molecule has 6 nitrogen and oxygen atoms in total. The minimum Gasteiger partial charge on any atom is -0.339 e. The molecule has 2 aromatic rings. The summed E-state index contributed by atoms with van der Waals surface area (Å²) in [5.74, 6) is 0.783. The van der Waals surface area contributed by atoms with Gasteiger partial charge < -0.3 is 4.90 Å². The second-order valence-corrected chi connectivity index (χ2v) is 7.95. The molecule has 0 saturated heterocycles. The highest BCUT2D eigenvalue weighted by atomic mass is 16.2. The minimum atomic E-state index is -0.0141. The Bertz CT molecular complexity index is 799. The van der Waals surface area contributed by atoms with Crippen molar-refractivity contribution in [3.05, 3.63) is 42.5 Å². The van der Waals surface area contributed by atoms with Crippen molar-refractivity contribution in [3.8, 4) is 5.69 Å². The van der Waals surface area contributed by atoms with Crippen LogP contribution >= 0.6 is 0 Å². The fourth-order valence-electron chi connectivity index (χ4n) is 4.63. The molecule has 4 rings (SSSR count). The molecular weight excluding hydrogens is 340 g/mol. The third-order valence-corrected chi connectivity index (χ3v) is 6.38. The number of Topliss-reactive ketones (excluding diaryl/α,β-unsaturated/α-hetero) is 1. The van der Waals surface area contributed by atoms with E-state index in [2.05, 4.69) is 17.0 Å². The zero-order valence-corrected chi connectivity index (χ0v) is 15.9. The van der Waals surface area contributed by atoms with Crippen LogP contribution in [0.2, 0.25) is 0 Å². The molecule has 0 spiro atoms. The molecule has 1 aromatic carbocycles. The lowest BCUT2D eigenvalue weighted by Gasteiger charge is -2.39. The Morgan fingerprint density at radius 1 is 1.19 bits per heavy atom. The summed E-state index contributed by atoms with van der Waals surface area (Å²) in [6, 6.07) is 8.03. The molecule has 2 aliphatic rings. The summed E-state index contributed by atoms with van der Waals surface area (Å²) in [6.45, 7) is 2.05. The highest BCUT2D eigenvalue weighted by molar-refractivity contribution is 5.88. The molecule has 0 radical (unpaired) electrons. The van der Waals surface area contributed by atoms with Crippen LogP contribution < -0.4 is 0 Å². The van der Waals surface area contributed by atoms with Gasteiger partial charge in [0.25, 0.3) is 0 Å². The van der Waals surface area contributed by atoms with Gasteiger partial charge >= 0.3 is 0 Å². The summed E-state index contributed by atoms with van der Waals surface area (Å²) in [6.07, 6.45) is 7.69. The van der Waals surface area contributed by atoms with Crippen molar-refractivity contribution in [3.63, 3.8) is 0 Å². The van der Waals surface area contributed by atoms with Crippen molar-refractivity contribution in [1.82, 2.24) is 19.7 Å². The summed E-state index contributed by atoms with van der Waals surface area (Å²) in [5.41, 5.74) is 2.03. The van der Waals surface area contributed by atoms with E-state index in [1.165, 1.54) is 6.33 Å². The predicted octanol–water partition coefficient (Wildman–Crippen LogP) is 3.18. The molecule has 3 unspecified atom stereocenters. The molecule has 0 aliphatic heterocycles. The number of benzene rings is 1. The van der Waals surface area contributed by atoms with Gasteiger partial charge in [0.1, 0.15) is 18.4 Å². The lowest BCUT2D eigenvalue weighted by Crippen LogP contribution is -2.43. The Morgan fingerprint density at radius 2 is 1.85 bits per heavy atom. The summed E-state index contributed by atoms with van der Waals surface area (Å²) >= 11 is 0. The summed E-state index contributed by atoms with van der Waals surface area (Å²) < 4.78 is 1.71. The topological polar surface area (TPSA) is 68.1 Å². The van der Waals surface area contributed by atoms with Crippen molar-refractivity contribution in [2.45, 2.75) is 45.1 Å². The van der Waals surface area contributed by atoms with E-state index in [9.17, 15) is 9.59 Å². The highest BCUT2D eigenvalue weighted by Gasteiger charge is 2.42. The van der Waals surface area contributed by atoms with E-state index < -0.39 is 0 Å². The average Bonchev–Trinajstić information content (AvgIpc) is 3.21. The van der Waals surface area contributed by atoms with Crippen molar-refractivity contribution < 1.29 is 9.59 Å². The van der Waals surface area contributed by atoms with Gasteiger partial charge in [-0.05, 0) is 50.3 Å². The van der Waals surface area contributed by atoms with Gasteiger partial charge in [-0.25, -0.2) is 9.67 Å². The smallest absolute Gasteiger partial charge is 0.225 e. The Balaban J connectivity index is 1.44. The minimum absolute atomic E-state index is 0.0140. The zero-order valence-electron chi connectivity index (χ0n) is 15.9. The number of hydrogen-bond acceptors (Lipinski definition) is 4. The molecule has 2 saturated carbocycles. The van der Waals surface area contributed by atoms with E-state index in [4.69, 9.17) is 0 Å². The molecule has 27 heavy (non-hydrogen) atoms. The van der Waals surface area contributed by atoms with Gasteiger partial charge in [0.15, 0.2) is 0 Å². The molecular formula is C21H26N4O2. The molecule has 0 N–H and O–H groups in total. The number of carbonyl (C=O) groups excluding carboxylic acids is 2. The first-order chi connectivity index (χ1) is 13.0. The second kappa shape index (κ2) is 7.25. The van der Waals surface area contributed by atoms with E-state index in [1.54, 1.807) is 11.0 Å². The molecule has 3 atom stereocenters. The Kier molecular flexibility index (Phi) is 4.81. The van der Waals surface area contributed by atoms with Crippen LogP contribution in [0.15, 0.2) is 36.9 Å². The standard InChI is InChI=1S/C21H26N4O2/c1-14(15-6-8-19(9-7-15)25-13-22-12-23-25)24(2)21(27)18-10-16-4-3-5-17(11-18)20(16)26/h6-9,12-14,16-18H,3-5,10-11H2,1-2H3. The third kappa shape index (κ3) is 3.40. The molecule has 1 aromatic heterocycles. The average molecular weight is 366 g/mol. The lowest BCUT2D eigenvalue weighted by atomic mass is 9.67. The Morgan fingerprint density at radius 3 is 2.44 bits per heavy atom. The third-order valence-electron chi connectivity index (χ3n) is 6.38. The van der Waals surface area contributed by atoms with E-state index >= 15 is 0 Å². The van der Waals surface area contributed by atoms with Gasteiger partial charge in [-0.1, -0.05) is 18.6 Å². The monoisotopic (exact) mass is 366 g/mol. The van der Waals surface area contributed by atoms with E-state index in [0.717, 1.165) is 43.4 Å². The first-order valence-corrected chi connectivity index (χ1v) is 9.80. The number of hydrogen-bond donors (Lipinski definition) is 0. The van der Waals surface area contributed by atoms with Crippen LogP contribution in [-0.2, 0) is 9.59 Å². The normalized spacial score (nSPS) is 25.9. The van der Waals surface area contributed by atoms with Crippen molar-refractivity contribution >= 4 is 11.7 Å². The first-order valence-electron chi connectivity index (χ1n) is 9.80. The Hall–Kier alpha value is -2.50. The van der Waals surface area contributed by atoms with Crippen molar-refractivity contribution in [2.24, 2.45) is 17.8 Å². The van der Waals surface area contributed by atoms with Gasteiger partial charge in [0, 0.05) is 24.8 Å². The maximum Gasteiger partial charge on any atom is 0.225 e. The van der Waals surface area contributed by atoms with Gasteiger partial charge in [-0.2, -0.15) is 5.10 Å². The number of aromatic nitrogens is 3. The first kappa shape index (κ1) is 17.9. The maximum absolute atomic E-state index is 13.1. The molecule has 1 amide bonds. The van der Waals surface area contributed by atoms with Gasteiger partial charge in [-0.15, -0.1) is 0 Å². The zero-order chi connectivity index (χ0) is 19.0. The fourth-order valence-corrected chi connectivity index (χ4v) is 4.63. The number of rotatable bonds is 4. The summed E-state index contributed by atoms with van der Waals surface area (Å²) in [4.78, 5) is 31.2. The Labute approximate surface area is 159 Å². The molecule has 2 aliphatic carbocycles. The molecule has 2 fully saturated rings. The van der Waals surface area contributed by atoms with Crippen molar-refractivity contribution in [1.29, 1.82) is 0 Å². The second-order valence-electron chi connectivity index (χ2n) is 7.95. The number of carbonyl (C=O) groups is 2. The maximum atomic E-state index is 13.1. The predicted molar refractivity (Wildman–Crippen MR) is 101 cm³/mol. The largest absolute Gasteiger partial charge is 0.339 e. The fraction of sp³-hybridized carbons (Fsp3) is 0.524. The number of amides is 1. The molecule has 142 valence electrons. The van der Waals surface area contributed by atoms with E-state index in [0.29, 0.717) is 5.78 Å². The van der Waals surface area contributed by atoms with Crippen LogP contribution in [0.5, 0.6) is 0 Å². The highest BCUT2D eigenvalue weighted by Crippen LogP contribution is 2.41. The molecule has 1 heterocycles. The number of fused-ring (bicyclic) bond motifs is 2. The number of ketones is 1. The van der Waals surface area contributed by atoms with Gasteiger partial charge in [0.2, 0.25) is 5.91 Å². The van der Waals surface area contributed by atoms with E-state index in [-0.39, 0.29) is 29.7 Å². The van der Waals surface area contributed by atoms with Crippen LogP contribution in [-0.4, -0.2) is 38.4 Å². The van der Waals surface area contributed by atoms with Crippen molar-refractivity contribution in [2.75, 3.05) is 7.05 Å². The van der Waals surface area contributed by atoms with Crippen LogP contribution in [0.3, 0.4) is 0 Å². The lowest BCUT2D eigenvalue weighted by molar-refractivity contribution is -0.143. The molecule has 6 heteroatoms. The van der Waals surface area contributed by atoms with Crippen LogP contribution in [0, 0.1) is 17.8 Å². The SMILES string of the molecule is CC(c1ccc(-n2cncn2)cc1)N(C)C(=O)C1CC2CCCC(C1)C2=O. The summed E-state index contributed by atoms with van der Waals surface area (Å²) in [7, 11) is 1.88. The van der Waals surface area contributed by atoms with Gasteiger partial charge in [0.05, 0.1) is 11.7 Å². The van der Waals surface area contributed by atoms with Crippen LogP contribution in [0.25, 0.3) is 5.69 Å². The summed E-state index contributed by atoms with van der Waals surface area (Å²) in [5, 5.41) is 4.13. The molecule has 2 bridgehead atoms. The van der Waals surface area contributed by atoms with Crippen LogP contribution in [0.1, 0.15) is 50.6 Å². The van der Waals surface area contributed by atoms with Gasteiger partial charge in [-0.3, -0.25) is 9.59 Å².